The lowest BCUT2D eigenvalue weighted by Gasteiger charge is -2.05. The maximum atomic E-state index is 11.7. The van der Waals surface area contributed by atoms with E-state index in [1.54, 1.807) is 0 Å². The Labute approximate surface area is 120 Å². The third-order valence-corrected chi connectivity index (χ3v) is 3.85. The summed E-state index contributed by atoms with van der Waals surface area (Å²) in [4.78, 5) is 20.8. The standard InChI is InChI=1S/C13H14N2O2S2/c1-9-11(19-13(18)14-9)7-12(16)15-17-8-10-5-3-2-4-6-10/h2-6H,7-8H2,1H3,(H,14,18)(H,15,16). The van der Waals surface area contributed by atoms with Crippen LogP contribution in [0.3, 0.4) is 0 Å². The Morgan fingerprint density at radius 2 is 2.16 bits per heavy atom. The van der Waals surface area contributed by atoms with E-state index in [4.69, 9.17) is 17.1 Å². The first-order chi connectivity index (χ1) is 9.15. The molecule has 0 unspecified atom stereocenters. The molecule has 0 saturated heterocycles. The van der Waals surface area contributed by atoms with E-state index in [0.29, 0.717) is 10.6 Å². The van der Waals surface area contributed by atoms with Crippen molar-refractivity contribution in [2.24, 2.45) is 0 Å². The van der Waals surface area contributed by atoms with Gasteiger partial charge in [0.25, 0.3) is 0 Å². The van der Waals surface area contributed by atoms with Gasteiger partial charge < -0.3 is 4.98 Å². The van der Waals surface area contributed by atoms with Crippen molar-refractivity contribution < 1.29 is 9.63 Å². The zero-order chi connectivity index (χ0) is 13.7. The predicted molar refractivity (Wildman–Crippen MR) is 77.3 cm³/mol. The number of nitrogens with one attached hydrogen (secondary N) is 2. The molecule has 0 radical (unpaired) electrons. The second-order valence-electron chi connectivity index (χ2n) is 4.04. The Kier molecular flexibility index (Phi) is 4.84. The summed E-state index contributed by atoms with van der Waals surface area (Å²) in [6, 6.07) is 9.67. The highest BCUT2D eigenvalue weighted by Crippen LogP contribution is 2.14. The SMILES string of the molecule is Cc1[nH]c(=S)sc1CC(=O)NOCc1ccccc1. The number of aromatic amines is 1. The number of hydrogen-bond acceptors (Lipinski definition) is 4. The Balaban J connectivity index is 1.79. The second kappa shape index (κ2) is 6.60. The molecule has 2 rings (SSSR count). The summed E-state index contributed by atoms with van der Waals surface area (Å²) in [5.41, 5.74) is 4.38. The molecule has 0 aliphatic heterocycles. The Morgan fingerprint density at radius 3 is 2.79 bits per heavy atom. The van der Waals surface area contributed by atoms with Gasteiger partial charge in [-0.3, -0.25) is 9.63 Å². The predicted octanol–water partition coefficient (Wildman–Crippen LogP) is 2.90. The quantitative estimate of drug-likeness (QED) is 0.658. The van der Waals surface area contributed by atoms with Gasteiger partial charge >= 0.3 is 0 Å². The van der Waals surface area contributed by atoms with E-state index in [9.17, 15) is 4.79 Å². The number of benzene rings is 1. The van der Waals surface area contributed by atoms with Crippen LogP contribution in [-0.2, 0) is 22.7 Å². The van der Waals surface area contributed by atoms with E-state index < -0.39 is 0 Å². The molecule has 0 fully saturated rings. The van der Waals surface area contributed by atoms with Crippen molar-refractivity contribution in [3.63, 3.8) is 0 Å². The number of H-pyrrole nitrogens is 1. The highest BCUT2D eigenvalue weighted by molar-refractivity contribution is 7.73. The fourth-order valence-corrected chi connectivity index (χ4v) is 2.85. The second-order valence-corrected chi connectivity index (χ2v) is 5.81. The van der Waals surface area contributed by atoms with E-state index in [1.165, 1.54) is 11.3 Å². The van der Waals surface area contributed by atoms with Crippen LogP contribution in [0.15, 0.2) is 30.3 Å². The Hall–Kier alpha value is -1.50. The van der Waals surface area contributed by atoms with Gasteiger partial charge in [-0.1, -0.05) is 30.3 Å². The van der Waals surface area contributed by atoms with Crippen molar-refractivity contribution in [2.45, 2.75) is 20.0 Å². The first-order valence-corrected chi connectivity index (χ1v) is 7.01. The molecular weight excluding hydrogens is 280 g/mol. The summed E-state index contributed by atoms with van der Waals surface area (Å²) in [5, 5.41) is 0. The van der Waals surface area contributed by atoms with Crippen LogP contribution in [0.2, 0.25) is 0 Å². The molecule has 19 heavy (non-hydrogen) atoms. The molecule has 0 aliphatic carbocycles. The molecule has 1 aromatic heterocycles. The van der Waals surface area contributed by atoms with Crippen LogP contribution < -0.4 is 5.48 Å². The summed E-state index contributed by atoms with van der Waals surface area (Å²) in [6.07, 6.45) is 0.276. The molecular formula is C13H14N2O2S2. The molecule has 0 atom stereocenters. The minimum atomic E-state index is -0.177. The monoisotopic (exact) mass is 294 g/mol. The molecule has 0 bridgehead atoms. The summed E-state index contributed by atoms with van der Waals surface area (Å²) in [6.45, 7) is 2.26. The summed E-state index contributed by atoms with van der Waals surface area (Å²) in [5.74, 6) is -0.177. The average molecular weight is 294 g/mol. The van der Waals surface area contributed by atoms with Crippen LogP contribution >= 0.6 is 23.6 Å². The number of rotatable bonds is 5. The molecule has 0 saturated carbocycles. The smallest absolute Gasteiger partial charge is 0.248 e. The minimum Gasteiger partial charge on any atom is -0.341 e. The van der Waals surface area contributed by atoms with Gasteiger partial charge in [0.05, 0.1) is 13.0 Å². The van der Waals surface area contributed by atoms with Gasteiger partial charge in [0.15, 0.2) is 3.95 Å². The number of thiazole rings is 1. The topological polar surface area (TPSA) is 54.1 Å². The molecule has 6 heteroatoms. The highest BCUT2D eigenvalue weighted by Gasteiger charge is 2.08. The van der Waals surface area contributed by atoms with E-state index in [-0.39, 0.29) is 12.3 Å². The van der Waals surface area contributed by atoms with Crippen LogP contribution in [0.25, 0.3) is 0 Å². The third-order valence-electron chi connectivity index (χ3n) is 2.51. The highest BCUT2D eigenvalue weighted by atomic mass is 32.1. The van der Waals surface area contributed by atoms with Crippen LogP contribution in [0.4, 0.5) is 0 Å². The lowest BCUT2D eigenvalue weighted by Crippen LogP contribution is -2.25. The number of aromatic nitrogens is 1. The zero-order valence-electron chi connectivity index (χ0n) is 10.4. The van der Waals surface area contributed by atoms with E-state index >= 15 is 0 Å². The maximum Gasteiger partial charge on any atom is 0.248 e. The summed E-state index contributed by atoms with van der Waals surface area (Å²) in [7, 11) is 0. The first-order valence-electron chi connectivity index (χ1n) is 5.78. The molecule has 1 aromatic carbocycles. The lowest BCUT2D eigenvalue weighted by molar-refractivity contribution is -0.133. The van der Waals surface area contributed by atoms with Crippen LogP contribution in [-0.4, -0.2) is 10.9 Å². The van der Waals surface area contributed by atoms with Gasteiger partial charge in [0.2, 0.25) is 5.91 Å². The van der Waals surface area contributed by atoms with Gasteiger partial charge in [-0.25, -0.2) is 5.48 Å². The molecule has 1 heterocycles. The maximum absolute atomic E-state index is 11.7. The van der Waals surface area contributed by atoms with Gasteiger partial charge in [0.1, 0.15) is 0 Å². The van der Waals surface area contributed by atoms with Crippen molar-refractivity contribution in [1.82, 2.24) is 10.5 Å². The van der Waals surface area contributed by atoms with E-state index in [1.807, 2.05) is 37.3 Å². The molecule has 1 amide bonds. The van der Waals surface area contributed by atoms with Gasteiger partial charge in [-0.2, -0.15) is 0 Å². The van der Waals surface area contributed by atoms with Crippen molar-refractivity contribution >= 4 is 29.5 Å². The van der Waals surface area contributed by atoms with E-state index in [2.05, 4.69) is 10.5 Å². The largest absolute Gasteiger partial charge is 0.341 e. The number of carbonyl (C=O) groups excluding carboxylic acids is 1. The molecule has 0 spiro atoms. The summed E-state index contributed by atoms with van der Waals surface area (Å²) < 4.78 is 0.686. The molecule has 2 N–H and O–H groups in total. The summed E-state index contributed by atoms with van der Waals surface area (Å²) >= 11 is 6.44. The van der Waals surface area contributed by atoms with Crippen molar-refractivity contribution in [3.8, 4) is 0 Å². The number of hydrogen-bond donors (Lipinski definition) is 2. The number of hydroxylamine groups is 1. The Morgan fingerprint density at radius 1 is 1.42 bits per heavy atom. The number of carbonyl (C=O) groups is 1. The van der Waals surface area contributed by atoms with Crippen LogP contribution in [0.1, 0.15) is 16.1 Å². The van der Waals surface area contributed by atoms with Gasteiger partial charge in [0, 0.05) is 10.6 Å². The van der Waals surface area contributed by atoms with Crippen molar-refractivity contribution in [2.75, 3.05) is 0 Å². The third kappa shape index (κ3) is 4.27. The lowest BCUT2D eigenvalue weighted by atomic mass is 10.2. The normalized spacial score (nSPS) is 10.4. The fourth-order valence-electron chi connectivity index (χ4n) is 1.56. The minimum absolute atomic E-state index is 0.177. The van der Waals surface area contributed by atoms with Crippen LogP contribution in [0, 0.1) is 10.9 Å². The molecule has 2 aromatic rings. The van der Waals surface area contributed by atoms with Gasteiger partial charge in [-0.15, -0.1) is 11.3 Å². The first kappa shape index (κ1) is 13.9. The zero-order valence-corrected chi connectivity index (χ0v) is 12.1. The Bertz CT molecular complexity index is 605. The fraction of sp³-hybridized carbons (Fsp3) is 0.231. The average Bonchev–Trinajstić information content (AvgIpc) is 2.69. The van der Waals surface area contributed by atoms with Crippen molar-refractivity contribution in [1.29, 1.82) is 0 Å². The molecule has 0 aliphatic rings. The van der Waals surface area contributed by atoms with Crippen molar-refractivity contribution in [3.05, 3.63) is 50.4 Å². The van der Waals surface area contributed by atoms with Gasteiger partial charge in [-0.05, 0) is 24.7 Å². The number of amides is 1. The molecule has 100 valence electrons. The molecule has 4 nitrogen and oxygen atoms in total. The van der Waals surface area contributed by atoms with Crippen LogP contribution in [0.5, 0.6) is 0 Å². The number of aryl methyl sites for hydroxylation is 1. The van der Waals surface area contributed by atoms with E-state index in [0.717, 1.165) is 16.1 Å².